The summed E-state index contributed by atoms with van der Waals surface area (Å²) in [4.78, 5) is 11.6. The number of ether oxygens (including phenoxy) is 1. The zero-order valence-electron chi connectivity index (χ0n) is 11.1. The Kier molecular flexibility index (Phi) is 6.05. The van der Waals surface area contributed by atoms with Crippen LogP contribution in [0.1, 0.15) is 26.7 Å². The molecule has 18 heavy (non-hydrogen) atoms. The van der Waals surface area contributed by atoms with E-state index in [0.717, 1.165) is 12.8 Å². The van der Waals surface area contributed by atoms with E-state index in [0.29, 0.717) is 24.6 Å². The van der Waals surface area contributed by atoms with Gasteiger partial charge >= 0.3 is 0 Å². The summed E-state index contributed by atoms with van der Waals surface area (Å²) in [5, 5.41) is 2.85. The molecule has 1 unspecified atom stereocenters. The van der Waals surface area contributed by atoms with E-state index in [1.807, 2.05) is 25.1 Å². The van der Waals surface area contributed by atoms with E-state index < -0.39 is 0 Å². The SMILES string of the molecule is CCCC(C)C(=O)NCCOc1ccccc1N. The fourth-order valence-electron chi connectivity index (χ4n) is 1.69. The average molecular weight is 250 g/mol. The molecule has 0 saturated heterocycles. The van der Waals surface area contributed by atoms with Gasteiger partial charge in [0.2, 0.25) is 5.91 Å². The molecular weight excluding hydrogens is 228 g/mol. The third-order valence-electron chi connectivity index (χ3n) is 2.75. The first kappa shape index (κ1) is 14.4. The molecule has 1 amide bonds. The molecule has 100 valence electrons. The van der Waals surface area contributed by atoms with Gasteiger partial charge in [0, 0.05) is 5.92 Å². The van der Waals surface area contributed by atoms with Crippen molar-refractivity contribution < 1.29 is 9.53 Å². The van der Waals surface area contributed by atoms with E-state index in [4.69, 9.17) is 10.5 Å². The molecule has 0 aliphatic heterocycles. The zero-order chi connectivity index (χ0) is 13.4. The molecule has 0 radical (unpaired) electrons. The summed E-state index contributed by atoms with van der Waals surface area (Å²) in [6.45, 7) is 4.94. The molecule has 4 nitrogen and oxygen atoms in total. The lowest BCUT2D eigenvalue weighted by molar-refractivity contribution is -0.124. The van der Waals surface area contributed by atoms with E-state index in [-0.39, 0.29) is 11.8 Å². The Labute approximate surface area is 109 Å². The number of rotatable bonds is 7. The maximum absolute atomic E-state index is 11.6. The standard InChI is InChI=1S/C14H22N2O2/c1-3-6-11(2)14(17)16-9-10-18-13-8-5-4-7-12(13)15/h4-5,7-8,11H,3,6,9-10,15H2,1-2H3,(H,16,17). The van der Waals surface area contributed by atoms with Crippen LogP contribution in [0.15, 0.2) is 24.3 Å². The largest absolute Gasteiger partial charge is 0.490 e. The van der Waals surface area contributed by atoms with Crippen LogP contribution in [0.5, 0.6) is 5.75 Å². The molecule has 0 aromatic heterocycles. The van der Waals surface area contributed by atoms with Gasteiger partial charge in [-0.15, -0.1) is 0 Å². The van der Waals surface area contributed by atoms with Crippen molar-refractivity contribution in [2.75, 3.05) is 18.9 Å². The normalized spacial score (nSPS) is 11.9. The van der Waals surface area contributed by atoms with Crippen LogP contribution in [0.2, 0.25) is 0 Å². The number of nitrogens with two attached hydrogens (primary N) is 1. The van der Waals surface area contributed by atoms with Crippen molar-refractivity contribution in [2.45, 2.75) is 26.7 Å². The minimum atomic E-state index is 0.0665. The predicted molar refractivity (Wildman–Crippen MR) is 73.4 cm³/mol. The number of hydrogen-bond donors (Lipinski definition) is 2. The zero-order valence-corrected chi connectivity index (χ0v) is 11.1. The number of carbonyl (C=O) groups is 1. The third-order valence-corrected chi connectivity index (χ3v) is 2.75. The van der Waals surface area contributed by atoms with Crippen molar-refractivity contribution >= 4 is 11.6 Å². The minimum absolute atomic E-state index is 0.0665. The van der Waals surface area contributed by atoms with Crippen LogP contribution in [0.4, 0.5) is 5.69 Å². The highest BCUT2D eigenvalue weighted by Crippen LogP contribution is 2.19. The smallest absolute Gasteiger partial charge is 0.222 e. The topological polar surface area (TPSA) is 64.3 Å². The molecule has 0 bridgehead atoms. The molecule has 1 rings (SSSR count). The number of nitrogen functional groups attached to an aromatic ring is 1. The molecular formula is C14H22N2O2. The molecule has 3 N–H and O–H groups in total. The Hall–Kier alpha value is -1.71. The highest BCUT2D eigenvalue weighted by molar-refractivity contribution is 5.78. The van der Waals surface area contributed by atoms with Gasteiger partial charge < -0.3 is 15.8 Å². The number of nitrogens with one attached hydrogen (secondary N) is 1. The summed E-state index contributed by atoms with van der Waals surface area (Å²) in [6, 6.07) is 7.33. The highest BCUT2D eigenvalue weighted by Gasteiger charge is 2.10. The molecule has 0 heterocycles. The van der Waals surface area contributed by atoms with Gasteiger partial charge in [0.1, 0.15) is 12.4 Å². The monoisotopic (exact) mass is 250 g/mol. The van der Waals surface area contributed by atoms with Gasteiger partial charge in [0.05, 0.1) is 12.2 Å². The van der Waals surface area contributed by atoms with Crippen LogP contribution in [0.25, 0.3) is 0 Å². The van der Waals surface area contributed by atoms with Crippen molar-refractivity contribution in [3.05, 3.63) is 24.3 Å². The lowest BCUT2D eigenvalue weighted by atomic mass is 10.1. The number of para-hydroxylation sites is 2. The number of hydrogen-bond acceptors (Lipinski definition) is 3. The van der Waals surface area contributed by atoms with E-state index >= 15 is 0 Å². The van der Waals surface area contributed by atoms with Gasteiger partial charge in [-0.3, -0.25) is 4.79 Å². The molecule has 4 heteroatoms. The molecule has 0 spiro atoms. The first-order valence-corrected chi connectivity index (χ1v) is 6.40. The molecule has 0 aliphatic rings. The third kappa shape index (κ3) is 4.65. The van der Waals surface area contributed by atoms with Crippen LogP contribution in [-0.4, -0.2) is 19.1 Å². The van der Waals surface area contributed by atoms with E-state index in [1.54, 1.807) is 6.07 Å². The lowest BCUT2D eigenvalue weighted by Crippen LogP contribution is -2.32. The van der Waals surface area contributed by atoms with Gasteiger partial charge in [-0.1, -0.05) is 32.4 Å². The fraction of sp³-hybridized carbons (Fsp3) is 0.500. The number of benzene rings is 1. The second-order valence-corrected chi connectivity index (χ2v) is 4.37. The van der Waals surface area contributed by atoms with Crippen molar-refractivity contribution in [2.24, 2.45) is 5.92 Å². The maximum Gasteiger partial charge on any atom is 0.222 e. The molecule has 1 aromatic carbocycles. The van der Waals surface area contributed by atoms with Gasteiger partial charge in [0.15, 0.2) is 0 Å². The van der Waals surface area contributed by atoms with Gasteiger partial charge in [-0.2, -0.15) is 0 Å². The Balaban J connectivity index is 2.23. The molecule has 0 saturated carbocycles. The number of anilines is 1. The predicted octanol–water partition coefficient (Wildman–Crippen LogP) is 2.20. The van der Waals surface area contributed by atoms with Crippen LogP contribution >= 0.6 is 0 Å². The van der Waals surface area contributed by atoms with Crippen molar-refractivity contribution in [3.63, 3.8) is 0 Å². The maximum atomic E-state index is 11.6. The summed E-state index contributed by atoms with van der Waals surface area (Å²) in [5.74, 6) is 0.812. The number of amides is 1. The summed E-state index contributed by atoms with van der Waals surface area (Å²) in [5.41, 5.74) is 6.35. The van der Waals surface area contributed by atoms with Gasteiger partial charge in [-0.05, 0) is 18.6 Å². The van der Waals surface area contributed by atoms with E-state index in [2.05, 4.69) is 12.2 Å². The van der Waals surface area contributed by atoms with Crippen molar-refractivity contribution in [1.29, 1.82) is 0 Å². The Bertz CT molecular complexity index is 380. The Morgan fingerprint density at radius 3 is 2.83 bits per heavy atom. The first-order valence-electron chi connectivity index (χ1n) is 6.40. The summed E-state index contributed by atoms with van der Waals surface area (Å²) >= 11 is 0. The Morgan fingerprint density at radius 1 is 1.44 bits per heavy atom. The van der Waals surface area contributed by atoms with Gasteiger partial charge in [0.25, 0.3) is 0 Å². The molecule has 1 atom stereocenters. The summed E-state index contributed by atoms with van der Waals surface area (Å²) in [7, 11) is 0. The summed E-state index contributed by atoms with van der Waals surface area (Å²) in [6.07, 6.45) is 1.93. The molecule has 1 aromatic rings. The number of carbonyl (C=O) groups excluding carboxylic acids is 1. The average Bonchev–Trinajstić information content (AvgIpc) is 2.36. The first-order chi connectivity index (χ1) is 8.65. The highest BCUT2D eigenvalue weighted by atomic mass is 16.5. The quantitative estimate of drug-likeness (QED) is 0.576. The van der Waals surface area contributed by atoms with Crippen LogP contribution in [-0.2, 0) is 4.79 Å². The molecule has 0 aliphatic carbocycles. The molecule has 0 fully saturated rings. The second kappa shape index (κ2) is 7.58. The Morgan fingerprint density at radius 2 is 2.17 bits per heavy atom. The van der Waals surface area contributed by atoms with Crippen LogP contribution < -0.4 is 15.8 Å². The van der Waals surface area contributed by atoms with Crippen molar-refractivity contribution in [3.8, 4) is 5.75 Å². The summed E-state index contributed by atoms with van der Waals surface area (Å²) < 4.78 is 5.49. The minimum Gasteiger partial charge on any atom is -0.490 e. The van der Waals surface area contributed by atoms with Crippen molar-refractivity contribution in [1.82, 2.24) is 5.32 Å². The van der Waals surface area contributed by atoms with Crippen LogP contribution in [0.3, 0.4) is 0 Å². The van der Waals surface area contributed by atoms with E-state index in [9.17, 15) is 4.79 Å². The fourth-order valence-corrected chi connectivity index (χ4v) is 1.69. The second-order valence-electron chi connectivity index (χ2n) is 4.37. The lowest BCUT2D eigenvalue weighted by Gasteiger charge is -2.12. The van der Waals surface area contributed by atoms with Gasteiger partial charge in [-0.25, -0.2) is 0 Å². The van der Waals surface area contributed by atoms with E-state index in [1.165, 1.54) is 0 Å². The van der Waals surface area contributed by atoms with Crippen LogP contribution in [0, 0.1) is 5.92 Å².